The minimum atomic E-state index is -2.14. The Balaban J connectivity index is 2.98. The fourth-order valence-electron chi connectivity index (χ4n) is 5.38. The molecule has 2 rings (SSSR count). The lowest BCUT2D eigenvalue weighted by molar-refractivity contribution is 0.230. The number of rotatable bonds is 10. The molecule has 34 heavy (non-hydrogen) atoms. The third-order valence-electron chi connectivity index (χ3n) is 7.00. The van der Waals surface area contributed by atoms with Crippen molar-refractivity contribution in [2.24, 2.45) is 4.99 Å². The zero-order chi connectivity index (χ0) is 25.8. The number of aliphatic imine (C=N–C) groups is 1. The van der Waals surface area contributed by atoms with E-state index in [4.69, 9.17) is 4.99 Å². The second-order valence-corrected chi connectivity index (χ2v) is 15.7. The van der Waals surface area contributed by atoms with Gasteiger partial charge in [-0.15, -0.1) is 0 Å². The summed E-state index contributed by atoms with van der Waals surface area (Å²) in [5, 5.41) is 2.78. The first kappa shape index (κ1) is 28.5. The van der Waals surface area contributed by atoms with Crippen molar-refractivity contribution in [3.05, 3.63) is 59.7 Å². The Morgan fingerprint density at radius 1 is 0.676 bits per heavy atom. The van der Waals surface area contributed by atoms with Crippen LogP contribution in [-0.4, -0.2) is 54.1 Å². The van der Waals surface area contributed by atoms with Crippen molar-refractivity contribution in [3.63, 3.8) is 0 Å². The average Bonchev–Trinajstić information content (AvgIpc) is 2.72. The fourth-order valence-corrected chi connectivity index (χ4v) is 8.04. The number of nitrogens with zero attached hydrogens (tertiary/aromatic N) is 3. The van der Waals surface area contributed by atoms with Crippen LogP contribution in [0.1, 0.15) is 66.5 Å². The van der Waals surface area contributed by atoms with Gasteiger partial charge in [0.15, 0.2) is 0 Å². The van der Waals surface area contributed by atoms with Crippen LogP contribution >= 0.6 is 0 Å². The summed E-state index contributed by atoms with van der Waals surface area (Å²) in [6.07, 6.45) is 0. The molecule has 0 spiro atoms. The summed E-state index contributed by atoms with van der Waals surface area (Å²) in [4.78, 5) is 11.0. The van der Waals surface area contributed by atoms with Gasteiger partial charge in [0.05, 0.1) is 5.69 Å². The highest BCUT2D eigenvalue weighted by atomic mass is 28.3. The molecular weight excluding hydrogens is 429 g/mol. The molecule has 2 aromatic rings. The molecule has 0 aliphatic heterocycles. The SMILES string of the molecule is Cc1cccc(C)c1N=C(B(N(C(C)C)C(C)C)N(C(C)C)C(C)C)[Si](C)(C)c1ccccc1. The topological polar surface area (TPSA) is 18.8 Å². The number of hydrogen-bond donors (Lipinski definition) is 0. The van der Waals surface area contributed by atoms with Crippen LogP contribution in [0, 0.1) is 13.8 Å². The van der Waals surface area contributed by atoms with Crippen LogP contribution in [0.25, 0.3) is 0 Å². The van der Waals surface area contributed by atoms with E-state index in [0.717, 1.165) is 5.69 Å². The molecule has 0 saturated carbocycles. The van der Waals surface area contributed by atoms with Crippen LogP contribution in [0.5, 0.6) is 0 Å². The van der Waals surface area contributed by atoms with Crippen LogP contribution in [0.3, 0.4) is 0 Å². The van der Waals surface area contributed by atoms with Gasteiger partial charge in [-0.1, -0.05) is 122 Å². The van der Waals surface area contributed by atoms with Gasteiger partial charge in [0.1, 0.15) is 8.07 Å². The molecule has 0 N–H and O–H groups in total. The van der Waals surface area contributed by atoms with Crippen LogP contribution < -0.4 is 5.19 Å². The molecule has 0 radical (unpaired) electrons. The third kappa shape index (κ3) is 6.30. The molecule has 2 aromatic carbocycles. The highest BCUT2D eigenvalue weighted by Crippen LogP contribution is 2.28. The zero-order valence-corrected chi connectivity index (χ0v) is 24.8. The molecule has 0 saturated heterocycles. The number of aryl methyl sites for hydroxylation is 2. The van der Waals surface area contributed by atoms with Crippen molar-refractivity contribution in [1.82, 2.24) is 9.62 Å². The molecule has 0 aliphatic rings. The Kier molecular flexibility index (Phi) is 9.93. The van der Waals surface area contributed by atoms with Crippen LogP contribution in [0.2, 0.25) is 13.1 Å². The lowest BCUT2D eigenvalue weighted by Crippen LogP contribution is -2.71. The molecule has 0 atom stereocenters. The van der Waals surface area contributed by atoms with Gasteiger partial charge in [-0.25, -0.2) is 0 Å². The molecule has 186 valence electrons. The number of benzene rings is 2. The van der Waals surface area contributed by atoms with Crippen molar-refractivity contribution in [1.29, 1.82) is 0 Å². The minimum absolute atomic E-state index is 0.126. The van der Waals surface area contributed by atoms with E-state index in [0.29, 0.717) is 24.2 Å². The Hall–Kier alpha value is -1.69. The summed E-state index contributed by atoms with van der Waals surface area (Å²) in [6.45, 7) is 28.2. The predicted molar refractivity (Wildman–Crippen MR) is 157 cm³/mol. The Bertz CT molecular complexity index is 895. The first-order valence-corrected chi connectivity index (χ1v) is 16.1. The summed E-state index contributed by atoms with van der Waals surface area (Å²) >= 11 is 0. The molecule has 3 nitrogen and oxygen atoms in total. The monoisotopic (exact) mass is 477 g/mol. The largest absolute Gasteiger partial charge is 0.358 e. The van der Waals surface area contributed by atoms with E-state index >= 15 is 0 Å². The predicted octanol–water partition coefficient (Wildman–Crippen LogP) is 6.80. The van der Waals surface area contributed by atoms with Gasteiger partial charge in [0, 0.05) is 5.23 Å². The second-order valence-electron chi connectivity index (χ2n) is 11.4. The van der Waals surface area contributed by atoms with Gasteiger partial charge in [0.25, 0.3) is 0 Å². The number of hydrogen-bond acceptors (Lipinski definition) is 3. The highest BCUT2D eigenvalue weighted by Gasteiger charge is 2.47. The number of para-hydroxylation sites is 1. The molecule has 0 heterocycles. The quantitative estimate of drug-likeness (QED) is 0.277. The lowest BCUT2D eigenvalue weighted by Gasteiger charge is -2.48. The molecule has 0 fully saturated rings. The van der Waals surface area contributed by atoms with Gasteiger partial charge in [-0.2, -0.15) is 0 Å². The summed E-state index contributed by atoms with van der Waals surface area (Å²) in [7, 11) is -2.14. The third-order valence-corrected chi connectivity index (χ3v) is 10.4. The fraction of sp³-hybridized carbons (Fsp3) is 0.552. The maximum absolute atomic E-state index is 5.67. The summed E-state index contributed by atoms with van der Waals surface area (Å²) in [6, 6.07) is 19.2. The van der Waals surface area contributed by atoms with Crippen LogP contribution in [-0.2, 0) is 0 Å². The van der Waals surface area contributed by atoms with E-state index < -0.39 is 8.07 Å². The Morgan fingerprint density at radius 2 is 1.09 bits per heavy atom. The molecule has 0 amide bonds. The Morgan fingerprint density at radius 3 is 1.47 bits per heavy atom. The molecule has 0 aromatic heterocycles. The van der Waals surface area contributed by atoms with Gasteiger partial charge in [-0.05, 0) is 49.1 Å². The van der Waals surface area contributed by atoms with Gasteiger partial charge in [-0.3, -0.25) is 4.99 Å². The Labute approximate surface area is 211 Å². The van der Waals surface area contributed by atoms with Gasteiger partial charge in [0.2, 0.25) is 0 Å². The van der Waals surface area contributed by atoms with Gasteiger partial charge >= 0.3 is 6.98 Å². The minimum Gasteiger partial charge on any atom is -0.319 e. The van der Waals surface area contributed by atoms with Crippen LogP contribution in [0.4, 0.5) is 5.69 Å². The summed E-state index contributed by atoms with van der Waals surface area (Å²) in [5.74, 6) is 0. The molecule has 5 heteroatoms. The second kappa shape index (κ2) is 11.8. The van der Waals surface area contributed by atoms with E-state index in [-0.39, 0.29) is 6.98 Å². The van der Waals surface area contributed by atoms with Crippen molar-refractivity contribution in [2.45, 2.75) is 106 Å². The van der Waals surface area contributed by atoms with Crippen molar-refractivity contribution >= 4 is 31.2 Å². The maximum atomic E-state index is 5.67. The smallest absolute Gasteiger partial charge is 0.319 e. The lowest BCUT2D eigenvalue weighted by atomic mass is 9.68. The van der Waals surface area contributed by atoms with E-state index in [9.17, 15) is 0 Å². The molecule has 0 bridgehead atoms. The maximum Gasteiger partial charge on any atom is 0.358 e. The van der Waals surface area contributed by atoms with Crippen LogP contribution in [0.15, 0.2) is 53.5 Å². The zero-order valence-electron chi connectivity index (χ0n) is 23.8. The first-order valence-electron chi connectivity index (χ1n) is 13.1. The average molecular weight is 478 g/mol. The first-order chi connectivity index (χ1) is 15.8. The molecule has 0 unspecified atom stereocenters. The normalized spacial score (nSPS) is 13.3. The standard InChI is InChI=1S/C29H48BN3Si/c1-21(2)32(22(3)4)30(33(23(5)6)24(7)8)29(31-28-25(9)17-16-18-26(28)10)34(11,12)27-19-14-13-15-20-27/h13-24H,1-12H3. The van der Waals surface area contributed by atoms with E-state index in [2.05, 4.69) is 140 Å². The van der Waals surface area contributed by atoms with E-state index in [1.54, 1.807) is 0 Å². The molecule has 0 aliphatic carbocycles. The van der Waals surface area contributed by atoms with E-state index in [1.807, 2.05) is 0 Å². The van der Waals surface area contributed by atoms with Crippen molar-refractivity contribution in [3.8, 4) is 0 Å². The highest BCUT2D eigenvalue weighted by molar-refractivity contribution is 7.30. The van der Waals surface area contributed by atoms with Crippen molar-refractivity contribution in [2.75, 3.05) is 0 Å². The molecular formula is C29H48BN3Si. The van der Waals surface area contributed by atoms with Crippen molar-refractivity contribution < 1.29 is 0 Å². The summed E-state index contributed by atoms with van der Waals surface area (Å²) in [5.41, 5.74) is 3.63. The van der Waals surface area contributed by atoms with Gasteiger partial charge < -0.3 is 9.62 Å². The summed E-state index contributed by atoms with van der Waals surface area (Å²) < 4.78 is 0. The van der Waals surface area contributed by atoms with E-state index in [1.165, 1.54) is 21.5 Å².